The zero-order valence-electron chi connectivity index (χ0n) is 15.3. The molecule has 0 spiro atoms. The van der Waals surface area contributed by atoms with Crippen LogP contribution in [-0.4, -0.2) is 49.4 Å². The lowest BCUT2D eigenvalue weighted by Crippen LogP contribution is -2.41. The fraction of sp³-hybridized carbons (Fsp3) is 0.429. The lowest BCUT2D eigenvalue weighted by molar-refractivity contribution is -0.118. The van der Waals surface area contributed by atoms with Gasteiger partial charge in [-0.15, -0.1) is 11.3 Å². The van der Waals surface area contributed by atoms with Gasteiger partial charge in [0, 0.05) is 23.5 Å². The number of benzene rings is 1. The summed E-state index contributed by atoms with van der Waals surface area (Å²) in [5.41, 5.74) is 2.52. The Morgan fingerprint density at radius 1 is 1.07 bits per heavy atom. The van der Waals surface area contributed by atoms with Crippen LogP contribution < -0.4 is 5.32 Å². The minimum atomic E-state index is -0.0578. The highest BCUT2D eigenvalue weighted by molar-refractivity contribution is 7.17. The summed E-state index contributed by atoms with van der Waals surface area (Å²) < 4.78 is 5.34. The number of hydrogen-bond donors (Lipinski definition) is 1. The molecule has 4 rings (SSSR count). The van der Waals surface area contributed by atoms with E-state index in [4.69, 9.17) is 4.74 Å². The molecule has 1 saturated heterocycles. The number of anilines is 1. The van der Waals surface area contributed by atoms with E-state index in [2.05, 4.69) is 10.2 Å². The summed E-state index contributed by atoms with van der Waals surface area (Å²) in [6, 6.07) is 9.35. The van der Waals surface area contributed by atoms with Crippen molar-refractivity contribution in [2.24, 2.45) is 0 Å². The fourth-order valence-corrected chi connectivity index (χ4v) is 5.06. The normalized spacial score (nSPS) is 17.3. The van der Waals surface area contributed by atoms with Crippen molar-refractivity contribution >= 4 is 28.0 Å². The van der Waals surface area contributed by atoms with Crippen LogP contribution >= 0.6 is 11.3 Å². The topological polar surface area (TPSA) is 58.6 Å². The minimum absolute atomic E-state index is 0.0108. The minimum Gasteiger partial charge on any atom is -0.379 e. The number of amides is 1. The highest BCUT2D eigenvalue weighted by atomic mass is 32.1. The number of nitrogens with zero attached hydrogens (tertiary/aromatic N) is 1. The van der Waals surface area contributed by atoms with Crippen molar-refractivity contribution in [2.75, 3.05) is 38.2 Å². The Kier molecular flexibility index (Phi) is 5.66. The Labute approximate surface area is 163 Å². The van der Waals surface area contributed by atoms with Gasteiger partial charge in [0.05, 0.1) is 25.3 Å². The van der Waals surface area contributed by atoms with Crippen LogP contribution in [0.5, 0.6) is 0 Å². The molecule has 0 atom stereocenters. The Hall–Kier alpha value is -2.02. The monoisotopic (exact) mass is 384 g/mol. The molecule has 142 valence electrons. The molecule has 0 saturated carbocycles. The lowest BCUT2D eigenvalue weighted by Gasteiger charge is -2.25. The van der Waals surface area contributed by atoms with Gasteiger partial charge in [0.1, 0.15) is 5.00 Å². The zero-order chi connectivity index (χ0) is 18.6. The molecule has 6 heteroatoms. The Morgan fingerprint density at radius 3 is 2.59 bits per heavy atom. The summed E-state index contributed by atoms with van der Waals surface area (Å²) in [6.45, 7) is 3.20. The van der Waals surface area contributed by atoms with Crippen molar-refractivity contribution in [2.45, 2.75) is 25.7 Å². The van der Waals surface area contributed by atoms with Crippen LogP contribution in [0.25, 0.3) is 0 Å². The van der Waals surface area contributed by atoms with Crippen molar-refractivity contribution in [3.05, 3.63) is 51.9 Å². The highest BCUT2D eigenvalue weighted by Crippen LogP contribution is 2.39. The lowest BCUT2D eigenvalue weighted by atomic mass is 9.92. The molecule has 1 fully saturated rings. The quantitative estimate of drug-likeness (QED) is 0.805. The molecular weight excluding hydrogens is 360 g/mol. The van der Waals surface area contributed by atoms with Gasteiger partial charge in [-0.25, -0.2) is 0 Å². The van der Waals surface area contributed by atoms with Gasteiger partial charge in [0.15, 0.2) is 5.78 Å². The molecule has 1 N–H and O–H groups in total. The van der Waals surface area contributed by atoms with Gasteiger partial charge >= 0.3 is 0 Å². The molecule has 2 aliphatic rings. The maximum absolute atomic E-state index is 13.2. The third-order valence-electron chi connectivity index (χ3n) is 5.16. The number of ketones is 1. The molecule has 1 aromatic heterocycles. The second kappa shape index (κ2) is 8.33. The molecule has 0 radical (unpaired) electrons. The van der Waals surface area contributed by atoms with E-state index in [1.54, 1.807) is 11.3 Å². The summed E-state index contributed by atoms with van der Waals surface area (Å²) in [6.07, 6.45) is 4.15. The predicted octanol–water partition coefficient (Wildman–Crippen LogP) is 3.13. The molecule has 0 unspecified atom stereocenters. The summed E-state index contributed by atoms with van der Waals surface area (Å²) in [5, 5.41) is 3.76. The molecule has 2 heterocycles. The molecule has 5 nitrogen and oxygen atoms in total. The largest absolute Gasteiger partial charge is 0.379 e. The van der Waals surface area contributed by atoms with Crippen molar-refractivity contribution in [3.8, 4) is 0 Å². The van der Waals surface area contributed by atoms with E-state index in [9.17, 15) is 9.59 Å². The van der Waals surface area contributed by atoms with Crippen LogP contribution in [0.15, 0.2) is 30.3 Å². The Balaban J connectivity index is 1.59. The Morgan fingerprint density at radius 2 is 1.81 bits per heavy atom. The molecule has 1 aromatic carbocycles. The van der Waals surface area contributed by atoms with E-state index in [0.717, 1.165) is 44.3 Å². The number of thiophene rings is 1. The third-order valence-corrected chi connectivity index (χ3v) is 6.37. The number of carbonyl (C=O) groups is 2. The maximum Gasteiger partial charge on any atom is 0.239 e. The predicted molar refractivity (Wildman–Crippen MR) is 107 cm³/mol. The number of hydrogen-bond acceptors (Lipinski definition) is 5. The van der Waals surface area contributed by atoms with Crippen molar-refractivity contribution in [1.29, 1.82) is 0 Å². The van der Waals surface area contributed by atoms with E-state index in [-0.39, 0.29) is 11.7 Å². The average Bonchev–Trinajstić information content (AvgIpc) is 3.06. The first kappa shape index (κ1) is 18.3. The summed E-state index contributed by atoms with van der Waals surface area (Å²) in [7, 11) is 0. The van der Waals surface area contributed by atoms with Crippen molar-refractivity contribution in [1.82, 2.24) is 4.90 Å². The number of rotatable bonds is 5. The molecular formula is C21H24N2O3S. The van der Waals surface area contributed by atoms with Crippen LogP contribution in [-0.2, 0) is 22.4 Å². The summed E-state index contributed by atoms with van der Waals surface area (Å²) in [5.74, 6) is -0.0470. The SMILES string of the molecule is O=C(CN1CCOCC1)Nc1sc2c(c1C(=O)c1ccccc1)CCCC2. The maximum atomic E-state index is 13.2. The van der Waals surface area contributed by atoms with Crippen LogP contribution in [0, 0.1) is 0 Å². The second-order valence-electron chi connectivity index (χ2n) is 7.05. The second-order valence-corrected chi connectivity index (χ2v) is 8.15. The van der Waals surface area contributed by atoms with Gasteiger partial charge in [-0.1, -0.05) is 30.3 Å². The summed E-state index contributed by atoms with van der Waals surface area (Å²) >= 11 is 1.58. The molecule has 1 aliphatic heterocycles. The first-order valence-corrected chi connectivity index (χ1v) is 10.4. The smallest absolute Gasteiger partial charge is 0.239 e. The van der Waals surface area contributed by atoms with Crippen molar-refractivity contribution < 1.29 is 14.3 Å². The zero-order valence-corrected chi connectivity index (χ0v) is 16.1. The van der Waals surface area contributed by atoms with Crippen LogP contribution in [0.3, 0.4) is 0 Å². The number of morpholine rings is 1. The van der Waals surface area contributed by atoms with Crippen molar-refractivity contribution in [3.63, 3.8) is 0 Å². The van der Waals surface area contributed by atoms with E-state index in [1.165, 1.54) is 4.88 Å². The third kappa shape index (κ3) is 4.13. The standard InChI is InChI=1S/C21H24N2O3S/c24-18(14-23-10-12-26-13-11-23)22-21-19(16-8-4-5-9-17(16)27-21)20(25)15-6-2-1-3-7-15/h1-3,6-7H,4-5,8-14H2,(H,22,24). The number of fused-ring (bicyclic) bond motifs is 1. The average molecular weight is 385 g/mol. The molecule has 2 aromatic rings. The van der Waals surface area contributed by atoms with Gasteiger partial charge in [0.2, 0.25) is 5.91 Å². The molecule has 27 heavy (non-hydrogen) atoms. The van der Waals surface area contributed by atoms with E-state index >= 15 is 0 Å². The number of ether oxygens (including phenoxy) is 1. The van der Waals surface area contributed by atoms with E-state index < -0.39 is 0 Å². The molecule has 1 aliphatic carbocycles. The molecule has 1 amide bonds. The fourth-order valence-electron chi connectivity index (χ4n) is 3.76. The first-order valence-electron chi connectivity index (χ1n) is 9.56. The van der Waals surface area contributed by atoms with Gasteiger partial charge in [-0.05, 0) is 31.2 Å². The summed E-state index contributed by atoms with van der Waals surface area (Å²) in [4.78, 5) is 29.1. The number of nitrogens with one attached hydrogen (secondary N) is 1. The molecule has 0 bridgehead atoms. The van der Waals surface area contributed by atoms with Crippen LogP contribution in [0.1, 0.15) is 39.2 Å². The highest BCUT2D eigenvalue weighted by Gasteiger charge is 2.27. The van der Waals surface area contributed by atoms with Gasteiger partial charge in [-0.2, -0.15) is 0 Å². The van der Waals surface area contributed by atoms with Gasteiger partial charge in [-0.3, -0.25) is 14.5 Å². The van der Waals surface area contributed by atoms with Gasteiger partial charge in [0.25, 0.3) is 0 Å². The number of carbonyl (C=O) groups excluding carboxylic acids is 2. The van der Waals surface area contributed by atoms with Gasteiger partial charge < -0.3 is 10.1 Å². The Bertz CT molecular complexity index is 825. The first-order chi connectivity index (χ1) is 13.2. The van der Waals surface area contributed by atoms with E-state index in [1.807, 2.05) is 30.3 Å². The van der Waals surface area contributed by atoms with E-state index in [0.29, 0.717) is 35.9 Å². The van der Waals surface area contributed by atoms with Crippen LogP contribution in [0.4, 0.5) is 5.00 Å². The number of aryl methyl sites for hydroxylation is 1. The van der Waals surface area contributed by atoms with Crippen LogP contribution in [0.2, 0.25) is 0 Å².